The molecule has 92 valence electrons. The number of hydrogen-bond donors (Lipinski definition) is 0. The molecule has 0 aliphatic rings. The predicted molar refractivity (Wildman–Crippen MR) is 67.1 cm³/mol. The summed E-state index contributed by atoms with van der Waals surface area (Å²) in [6, 6.07) is 0. The monoisotopic (exact) mass is 234 g/mol. The van der Waals surface area contributed by atoms with Crippen LogP contribution >= 0.6 is 0 Å². The summed E-state index contributed by atoms with van der Waals surface area (Å²) in [5, 5.41) is 0. The standard InChI is InChI=1S/C14H18O3/c1-5-8-12-17-14(4,16-11-7-3)9-13-15-10-6-2/h7-8,11-12H,5H2,1-4H3. The average molecular weight is 234 g/mol. The highest BCUT2D eigenvalue weighted by Gasteiger charge is 2.22. The molecule has 0 fully saturated rings. The lowest BCUT2D eigenvalue weighted by Crippen LogP contribution is -2.26. The van der Waals surface area contributed by atoms with E-state index in [1.54, 1.807) is 26.2 Å². The van der Waals surface area contributed by atoms with Crippen LogP contribution in [0.1, 0.15) is 34.1 Å². The molecular weight excluding hydrogens is 216 g/mol. The van der Waals surface area contributed by atoms with Gasteiger partial charge in [0.05, 0.1) is 12.5 Å². The molecule has 17 heavy (non-hydrogen) atoms. The summed E-state index contributed by atoms with van der Waals surface area (Å²) < 4.78 is 15.5. The first-order valence-corrected chi connectivity index (χ1v) is 5.40. The maximum Gasteiger partial charge on any atom is 0.315 e. The van der Waals surface area contributed by atoms with Crippen LogP contribution in [0.3, 0.4) is 0 Å². The molecule has 3 nitrogen and oxygen atoms in total. The maximum atomic E-state index is 5.40. The first kappa shape index (κ1) is 15.0. The van der Waals surface area contributed by atoms with Gasteiger partial charge in [0, 0.05) is 19.8 Å². The third-order valence-electron chi connectivity index (χ3n) is 1.54. The van der Waals surface area contributed by atoms with Gasteiger partial charge in [0.15, 0.2) is 0 Å². The van der Waals surface area contributed by atoms with Crippen LogP contribution in [0.5, 0.6) is 0 Å². The zero-order valence-electron chi connectivity index (χ0n) is 10.7. The van der Waals surface area contributed by atoms with Gasteiger partial charge in [-0.25, -0.2) is 0 Å². The van der Waals surface area contributed by atoms with Crippen molar-refractivity contribution in [2.75, 3.05) is 0 Å². The molecule has 0 aromatic rings. The molecule has 1 unspecified atom stereocenters. The maximum absolute atomic E-state index is 5.40. The van der Waals surface area contributed by atoms with Crippen LogP contribution in [0.2, 0.25) is 0 Å². The second kappa shape index (κ2) is 9.24. The Labute approximate surface area is 103 Å². The molecule has 0 amide bonds. The van der Waals surface area contributed by atoms with E-state index in [4.69, 9.17) is 14.2 Å². The van der Waals surface area contributed by atoms with Crippen molar-refractivity contribution in [2.45, 2.75) is 39.9 Å². The van der Waals surface area contributed by atoms with Crippen molar-refractivity contribution in [3.63, 3.8) is 0 Å². The van der Waals surface area contributed by atoms with Crippen molar-refractivity contribution >= 4 is 0 Å². The molecule has 0 aromatic carbocycles. The largest absolute Gasteiger partial charge is 0.450 e. The molecule has 0 rings (SSSR count). The zero-order chi connectivity index (χ0) is 13.0. The normalized spacial score (nSPS) is 13.2. The van der Waals surface area contributed by atoms with Gasteiger partial charge >= 0.3 is 5.79 Å². The molecule has 0 radical (unpaired) electrons. The fourth-order valence-electron chi connectivity index (χ4n) is 0.754. The molecule has 0 aliphatic carbocycles. The van der Waals surface area contributed by atoms with Gasteiger partial charge in [0.2, 0.25) is 0 Å². The topological polar surface area (TPSA) is 27.7 Å². The molecule has 0 heterocycles. The van der Waals surface area contributed by atoms with Gasteiger partial charge in [0.25, 0.3) is 0 Å². The zero-order valence-corrected chi connectivity index (χ0v) is 10.7. The molecule has 0 spiro atoms. The summed E-state index contributed by atoms with van der Waals surface area (Å²) in [4.78, 5) is 0. The third kappa shape index (κ3) is 7.88. The van der Waals surface area contributed by atoms with Crippen molar-refractivity contribution in [3.05, 3.63) is 24.7 Å². The summed E-state index contributed by atoms with van der Waals surface area (Å²) >= 11 is 0. The third-order valence-corrected chi connectivity index (χ3v) is 1.54. The fraction of sp³-hybridized carbons (Fsp3) is 0.429. The van der Waals surface area contributed by atoms with Gasteiger partial charge in [-0.15, -0.1) is 0 Å². The van der Waals surface area contributed by atoms with Crippen molar-refractivity contribution < 1.29 is 14.2 Å². The minimum absolute atomic E-state index is 0.880. The van der Waals surface area contributed by atoms with Crippen LogP contribution in [0.25, 0.3) is 0 Å². The van der Waals surface area contributed by atoms with E-state index < -0.39 is 5.79 Å². The van der Waals surface area contributed by atoms with Crippen molar-refractivity contribution in [2.24, 2.45) is 0 Å². The van der Waals surface area contributed by atoms with E-state index in [0.29, 0.717) is 0 Å². The molecule has 0 aliphatic heterocycles. The number of rotatable bonds is 5. The molecule has 0 aromatic heterocycles. The second-order valence-electron chi connectivity index (χ2n) is 3.11. The molecule has 1 atom stereocenters. The lowest BCUT2D eigenvalue weighted by Gasteiger charge is -2.21. The highest BCUT2D eigenvalue weighted by molar-refractivity contribution is 5.08. The average Bonchev–Trinajstić information content (AvgIpc) is 2.33. The van der Waals surface area contributed by atoms with Crippen molar-refractivity contribution in [3.8, 4) is 24.1 Å². The van der Waals surface area contributed by atoms with Crippen LogP contribution < -0.4 is 0 Å². The van der Waals surface area contributed by atoms with E-state index in [1.165, 1.54) is 6.26 Å². The predicted octanol–water partition coefficient (Wildman–Crippen LogP) is 3.15. The molecule has 0 saturated carbocycles. The summed E-state index contributed by atoms with van der Waals surface area (Å²) in [6.07, 6.45) is 12.4. The summed E-state index contributed by atoms with van der Waals surface area (Å²) in [5.41, 5.74) is 0. The van der Waals surface area contributed by atoms with Crippen molar-refractivity contribution in [1.82, 2.24) is 0 Å². The smallest absolute Gasteiger partial charge is 0.315 e. The summed E-state index contributed by atoms with van der Waals surface area (Å²) in [5.74, 6) is 4.19. The first-order valence-electron chi connectivity index (χ1n) is 5.40. The quantitative estimate of drug-likeness (QED) is 0.415. The second-order valence-corrected chi connectivity index (χ2v) is 3.11. The lowest BCUT2D eigenvalue weighted by atomic mass is 10.3. The molecular formula is C14H18O3. The van der Waals surface area contributed by atoms with E-state index in [9.17, 15) is 0 Å². The van der Waals surface area contributed by atoms with Crippen molar-refractivity contribution in [1.29, 1.82) is 0 Å². The highest BCUT2D eigenvalue weighted by atomic mass is 16.7. The van der Waals surface area contributed by atoms with Gasteiger partial charge in [-0.2, -0.15) is 0 Å². The molecule has 0 saturated heterocycles. The van der Waals surface area contributed by atoms with Gasteiger partial charge in [-0.3, -0.25) is 0 Å². The van der Waals surface area contributed by atoms with Gasteiger partial charge in [-0.1, -0.05) is 18.9 Å². The minimum Gasteiger partial charge on any atom is -0.450 e. The van der Waals surface area contributed by atoms with Crippen LogP contribution in [0.15, 0.2) is 24.7 Å². The van der Waals surface area contributed by atoms with Crippen LogP contribution in [-0.2, 0) is 14.2 Å². The Morgan fingerprint density at radius 3 is 2.47 bits per heavy atom. The van der Waals surface area contributed by atoms with Gasteiger partial charge in [-0.05, 0) is 19.4 Å². The lowest BCUT2D eigenvalue weighted by molar-refractivity contribution is -0.110. The Hall–Kier alpha value is -2.00. The summed E-state index contributed by atoms with van der Waals surface area (Å²) in [6.45, 7) is 7.21. The molecule has 3 heteroatoms. The highest BCUT2D eigenvalue weighted by Crippen LogP contribution is 2.12. The fourth-order valence-corrected chi connectivity index (χ4v) is 0.754. The van der Waals surface area contributed by atoms with E-state index in [0.717, 1.165) is 6.42 Å². The van der Waals surface area contributed by atoms with E-state index >= 15 is 0 Å². The Balaban J connectivity index is 4.60. The number of allylic oxidation sites excluding steroid dienone is 2. The van der Waals surface area contributed by atoms with E-state index in [2.05, 4.69) is 24.1 Å². The Morgan fingerprint density at radius 2 is 1.88 bits per heavy atom. The Kier molecular flexibility index (Phi) is 8.15. The molecule has 0 bridgehead atoms. The molecule has 0 N–H and O–H groups in total. The number of ether oxygens (including phenoxy) is 3. The van der Waals surface area contributed by atoms with E-state index in [-0.39, 0.29) is 0 Å². The van der Waals surface area contributed by atoms with Crippen LogP contribution in [0.4, 0.5) is 0 Å². The Bertz CT molecular complexity index is 374. The minimum atomic E-state index is -1.08. The van der Waals surface area contributed by atoms with Crippen LogP contribution in [0, 0.1) is 24.1 Å². The van der Waals surface area contributed by atoms with E-state index in [1.807, 2.05) is 19.9 Å². The summed E-state index contributed by atoms with van der Waals surface area (Å²) in [7, 11) is 0. The van der Waals surface area contributed by atoms with Crippen LogP contribution in [-0.4, -0.2) is 5.79 Å². The Morgan fingerprint density at radius 1 is 1.18 bits per heavy atom. The first-order chi connectivity index (χ1) is 8.18. The van der Waals surface area contributed by atoms with Gasteiger partial charge < -0.3 is 14.2 Å². The number of hydrogen-bond acceptors (Lipinski definition) is 3. The SMILES string of the molecule is CC#COC#CC(C)(OC=CC)OC=CCC. The van der Waals surface area contributed by atoms with Gasteiger partial charge in [0.1, 0.15) is 12.2 Å².